The number of aromatic nitrogens is 4. The predicted molar refractivity (Wildman–Crippen MR) is 60.5 cm³/mol. The maximum Gasteiger partial charge on any atom is 0.242 e. The molecule has 0 radical (unpaired) electrons. The topological polar surface area (TPSA) is 81.7 Å². The molecule has 0 saturated heterocycles. The summed E-state index contributed by atoms with van der Waals surface area (Å²) in [5, 5.41) is 14.3. The van der Waals surface area contributed by atoms with Crippen LogP contribution in [0.2, 0.25) is 0 Å². The Morgan fingerprint density at radius 3 is 2.88 bits per heavy atom. The van der Waals surface area contributed by atoms with Crippen molar-refractivity contribution in [3.05, 3.63) is 35.4 Å². The number of aryl methyl sites for hydroxylation is 1. The van der Waals surface area contributed by atoms with Gasteiger partial charge in [0.25, 0.3) is 0 Å². The highest BCUT2D eigenvalue weighted by molar-refractivity contribution is 5.28. The highest BCUT2D eigenvalue weighted by Gasteiger charge is 2.00. The largest absolute Gasteiger partial charge is 0.349 e. The smallest absolute Gasteiger partial charge is 0.242 e. The number of hydrogen-bond donors (Lipinski definition) is 2. The molecule has 0 saturated carbocycles. The Labute approximate surface area is 93.5 Å². The lowest BCUT2D eigenvalue weighted by Crippen LogP contribution is -2.06. The molecule has 0 amide bonds. The Kier molecular flexibility index (Phi) is 3.11. The number of rotatable bonds is 4. The Hall–Kier alpha value is -1.95. The van der Waals surface area contributed by atoms with E-state index in [1.807, 2.05) is 18.2 Å². The van der Waals surface area contributed by atoms with Crippen molar-refractivity contribution in [1.29, 1.82) is 0 Å². The SMILES string of the molecule is Cn1nnnc1NCc1cccc(CN)c1. The van der Waals surface area contributed by atoms with Crippen LogP contribution in [0.3, 0.4) is 0 Å². The van der Waals surface area contributed by atoms with Gasteiger partial charge in [-0.25, -0.2) is 4.68 Å². The van der Waals surface area contributed by atoms with Gasteiger partial charge >= 0.3 is 0 Å². The Balaban J connectivity index is 2.02. The molecule has 6 heteroatoms. The molecule has 0 unspecified atom stereocenters. The monoisotopic (exact) mass is 218 g/mol. The molecule has 2 aromatic rings. The van der Waals surface area contributed by atoms with E-state index in [0.29, 0.717) is 19.0 Å². The summed E-state index contributed by atoms with van der Waals surface area (Å²) in [6.45, 7) is 1.24. The summed E-state index contributed by atoms with van der Waals surface area (Å²) in [7, 11) is 1.79. The molecule has 0 aliphatic rings. The zero-order chi connectivity index (χ0) is 11.4. The molecular weight excluding hydrogens is 204 g/mol. The van der Waals surface area contributed by atoms with Gasteiger partial charge in [-0.2, -0.15) is 0 Å². The number of tetrazole rings is 1. The van der Waals surface area contributed by atoms with Gasteiger partial charge in [0.1, 0.15) is 0 Å². The standard InChI is InChI=1S/C10H14N6/c1-16-10(13-14-15-16)12-7-9-4-2-3-8(5-9)6-11/h2-5H,6-7,11H2,1H3,(H,12,13,15). The molecule has 2 rings (SSSR count). The van der Waals surface area contributed by atoms with E-state index >= 15 is 0 Å². The van der Waals surface area contributed by atoms with Crippen LogP contribution in [-0.2, 0) is 20.1 Å². The van der Waals surface area contributed by atoms with Crippen LogP contribution in [-0.4, -0.2) is 20.2 Å². The lowest BCUT2D eigenvalue weighted by Gasteiger charge is -2.05. The van der Waals surface area contributed by atoms with E-state index in [1.54, 1.807) is 11.7 Å². The van der Waals surface area contributed by atoms with Crippen LogP contribution in [0, 0.1) is 0 Å². The molecule has 6 nitrogen and oxygen atoms in total. The van der Waals surface area contributed by atoms with Gasteiger partial charge in [-0.3, -0.25) is 0 Å². The predicted octanol–water partition coefficient (Wildman–Crippen LogP) is 0.281. The van der Waals surface area contributed by atoms with Crippen LogP contribution in [0.15, 0.2) is 24.3 Å². The summed E-state index contributed by atoms with van der Waals surface area (Å²) in [6, 6.07) is 8.11. The summed E-state index contributed by atoms with van der Waals surface area (Å²) < 4.78 is 1.59. The number of benzene rings is 1. The van der Waals surface area contributed by atoms with Crippen molar-refractivity contribution < 1.29 is 0 Å². The van der Waals surface area contributed by atoms with Crippen LogP contribution in [0.4, 0.5) is 5.95 Å². The lowest BCUT2D eigenvalue weighted by atomic mass is 10.1. The van der Waals surface area contributed by atoms with E-state index in [4.69, 9.17) is 5.73 Å². The molecule has 0 fully saturated rings. The minimum absolute atomic E-state index is 0.555. The van der Waals surface area contributed by atoms with E-state index in [-0.39, 0.29) is 0 Å². The minimum atomic E-state index is 0.555. The molecule has 0 atom stereocenters. The quantitative estimate of drug-likeness (QED) is 0.770. The second kappa shape index (κ2) is 4.71. The normalized spacial score (nSPS) is 10.4. The first-order valence-corrected chi connectivity index (χ1v) is 5.03. The summed E-state index contributed by atoms with van der Waals surface area (Å²) >= 11 is 0. The van der Waals surface area contributed by atoms with Crippen molar-refractivity contribution in [2.45, 2.75) is 13.1 Å². The summed E-state index contributed by atoms with van der Waals surface area (Å²) in [6.07, 6.45) is 0. The van der Waals surface area contributed by atoms with Crippen LogP contribution in [0.5, 0.6) is 0 Å². The maximum absolute atomic E-state index is 5.58. The van der Waals surface area contributed by atoms with Crippen molar-refractivity contribution in [3.8, 4) is 0 Å². The van der Waals surface area contributed by atoms with Gasteiger partial charge in [0.05, 0.1) is 0 Å². The molecular formula is C10H14N6. The average Bonchev–Trinajstić information content (AvgIpc) is 2.72. The number of nitrogens with one attached hydrogen (secondary N) is 1. The van der Waals surface area contributed by atoms with E-state index < -0.39 is 0 Å². The number of hydrogen-bond acceptors (Lipinski definition) is 5. The molecule has 0 aliphatic heterocycles. The van der Waals surface area contributed by atoms with Gasteiger partial charge in [0.2, 0.25) is 5.95 Å². The third-order valence-electron chi connectivity index (χ3n) is 2.30. The van der Waals surface area contributed by atoms with E-state index in [9.17, 15) is 0 Å². The van der Waals surface area contributed by atoms with Crippen LogP contribution in [0.1, 0.15) is 11.1 Å². The molecule has 0 spiro atoms. The molecule has 3 N–H and O–H groups in total. The summed E-state index contributed by atoms with van der Waals surface area (Å²) in [5.74, 6) is 0.651. The van der Waals surface area contributed by atoms with Crippen molar-refractivity contribution in [1.82, 2.24) is 20.2 Å². The fraction of sp³-hybridized carbons (Fsp3) is 0.300. The first-order valence-electron chi connectivity index (χ1n) is 5.03. The van der Waals surface area contributed by atoms with Gasteiger partial charge in [0, 0.05) is 20.1 Å². The second-order valence-electron chi connectivity index (χ2n) is 3.50. The summed E-state index contributed by atoms with van der Waals surface area (Å²) in [5.41, 5.74) is 7.86. The number of nitrogens with zero attached hydrogens (tertiary/aromatic N) is 4. The highest BCUT2D eigenvalue weighted by Crippen LogP contribution is 2.06. The Morgan fingerprint density at radius 1 is 1.38 bits per heavy atom. The minimum Gasteiger partial charge on any atom is -0.349 e. The van der Waals surface area contributed by atoms with E-state index in [1.165, 1.54) is 0 Å². The zero-order valence-corrected chi connectivity index (χ0v) is 9.09. The summed E-state index contributed by atoms with van der Waals surface area (Å²) in [4.78, 5) is 0. The molecule has 0 aliphatic carbocycles. The van der Waals surface area contributed by atoms with Crippen molar-refractivity contribution in [2.75, 3.05) is 5.32 Å². The molecule has 0 bridgehead atoms. The van der Waals surface area contributed by atoms with Gasteiger partial charge in [-0.1, -0.05) is 29.4 Å². The first kappa shape index (κ1) is 10.6. The highest BCUT2D eigenvalue weighted by atomic mass is 15.6. The molecule has 1 aromatic carbocycles. The van der Waals surface area contributed by atoms with Crippen LogP contribution >= 0.6 is 0 Å². The van der Waals surface area contributed by atoms with Gasteiger partial charge in [-0.05, 0) is 21.6 Å². The Morgan fingerprint density at radius 2 is 2.19 bits per heavy atom. The lowest BCUT2D eigenvalue weighted by molar-refractivity contribution is 0.712. The van der Waals surface area contributed by atoms with Gasteiger partial charge in [-0.15, -0.1) is 0 Å². The third kappa shape index (κ3) is 2.34. The van der Waals surface area contributed by atoms with E-state index in [2.05, 4.69) is 26.9 Å². The van der Waals surface area contributed by atoms with Crippen molar-refractivity contribution in [3.63, 3.8) is 0 Å². The number of anilines is 1. The first-order chi connectivity index (χ1) is 7.79. The van der Waals surface area contributed by atoms with E-state index in [0.717, 1.165) is 11.1 Å². The fourth-order valence-corrected chi connectivity index (χ4v) is 1.43. The van der Waals surface area contributed by atoms with Crippen LogP contribution < -0.4 is 11.1 Å². The van der Waals surface area contributed by atoms with Crippen molar-refractivity contribution >= 4 is 5.95 Å². The zero-order valence-electron chi connectivity index (χ0n) is 9.09. The second-order valence-corrected chi connectivity index (χ2v) is 3.50. The molecule has 1 heterocycles. The van der Waals surface area contributed by atoms with Gasteiger partial charge in [0.15, 0.2) is 0 Å². The molecule has 84 valence electrons. The fourth-order valence-electron chi connectivity index (χ4n) is 1.43. The molecule has 16 heavy (non-hydrogen) atoms. The number of nitrogens with two attached hydrogens (primary N) is 1. The third-order valence-corrected chi connectivity index (χ3v) is 2.30. The Bertz CT molecular complexity index is 464. The maximum atomic E-state index is 5.58. The van der Waals surface area contributed by atoms with Gasteiger partial charge < -0.3 is 11.1 Å². The molecule has 1 aromatic heterocycles. The van der Waals surface area contributed by atoms with Crippen molar-refractivity contribution in [2.24, 2.45) is 12.8 Å². The van der Waals surface area contributed by atoms with Crippen LogP contribution in [0.25, 0.3) is 0 Å². The average molecular weight is 218 g/mol.